The Labute approximate surface area is 123 Å². The Kier molecular flexibility index (Phi) is 4.12. The van der Waals surface area contributed by atoms with Gasteiger partial charge in [0.05, 0.1) is 17.9 Å². The van der Waals surface area contributed by atoms with E-state index in [2.05, 4.69) is 10.3 Å². The second-order valence-corrected chi connectivity index (χ2v) is 5.67. The molecule has 0 saturated carbocycles. The molecule has 1 saturated heterocycles. The highest BCUT2D eigenvalue weighted by Gasteiger charge is 2.20. The average molecular weight is 314 g/mol. The van der Waals surface area contributed by atoms with Gasteiger partial charge in [-0.05, 0) is 12.8 Å². The zero-order valence-electron chi connectivity index (χ0n) is 11.0. The van der Waals surface area contributed by atoms with Crippen LogP contribution in [0.1, 0.15) is 29.6 Å². The number of nitrogens with zero attached hydrogens (tertiary/aromatic N) is 1. The first kappa shape index (κ1) is 14.3. The maximum atomic E-state index is 13.5. The molecule has 2 heterocycles. The van der Waals surface area contributed by atoms with E-state index in [1.165, 1.54) is 11.3 Å². The highest BCUT2D eigenvalue weighted by atomic mass is 32.1. The first-order valence-electron chi connectivity index (χ1n) is 6.58. The van der Waals surface area contributed by atoms with Gasteiger partial charge in [-0.2, -0.15) is 0 Å². The Hall–Kier alpha value is -1.60. The van der Waals surface area contributed by atoms with Crippen LogP contribution in [-0.4, -0.2) is 11.6 Å². The zero-order valence-corrected chi connectivity index (χ0v) is 11.9. The molecule has 3 rings (SSSR count). The van der Waals surface area contributed by atoms with Crippen molar-refractivity contribution in [3.63, 3.8) is 0 Å². The Morgan fingerprint density at radius 1 is 1.24 bits per heavy atom. The molecule has 0 bridgehead atoms. The number of aromatic nitrogens is 1. The number of halogens is 3. The Morgan fingerprint density at radius 3 is 2.81 bits per heavy atom. The number of anilines is 1. The van der Waals surface area contributed by atoms with Gasteiger partial charge < -0.3 is 10.1 Å². The number of ether oxygens (including phenoxy) is 1. The fraction of sp³-hybridized carbons (Fsp3) is 0.357. The van der Waals surface area contributed by atoms with E-state index in [9.17, 15) is 13.2 Å². The van der Waals surface area contributed by atoms with Crippen LogP contribution >= 0.6 is 11.3 Å². The molecule has 0 aliphatic carbocycles. The molecule has 1 atom stereocenters. The van der Waals surface area contributed by atoms with Crippen LogP contribution in [0.25, 0.3) is 0 Å². The maximum absolute atomic E-state index is 13.5. The van der Waals surface area contributed by atoms with E-state index in [0.717, 1.165) is 36.2 Å². The van der Waals surface area contributed by atoms with E-state index >= 15 is 0 Å². The molecule has 1 aromatic carbocycles. The van der Waals surface area contributed by atoms with Crippen LogP contribution in [0.3, 0.4) is 0 Å². The van der Waals surface area contributed by atoms with Gasteiger partial charge in [-0.1, -0.05) is 0 Å². The van der Waals surface area contributed by atoms with Crippen LogP contribution in [0, 0.1) is 17.5 Å². The third kappa shape index (κ3) is 3.19. The van der Waals surface area contributed by atoms with Crippen molar-refractivity contribution >= 4 is 17.0 Å². The summed E-state index contributed by atoms with van der Waals surface area (Å²) in [5.41, 5.74) is 0.634. The Balaban J connectivity index is 1.66. The van der Waals surface area contributed by atoms with Crippen molar-refractivity contribution in [3.8, 4) is 0 Å². The molecule has 21 heavy (non-hydrogen) atoms. The second-order valence-electron chi connectivity index (χ2n) is 4.78. The van der Waals surface area contributed by atoms with Crippen molar-refractivity contribution in [2.45, 2.75) is 25.5 Å². The summed E-state index contributed by atoms with van der Waals surface area (Å²) in [4.78, 5) is 4.42. The summed E-state index contributed by atoms with van der Waals surface area (Å²) in [6.45, 7) is 0.989. The van der Waals surface area contributed by atoms with E-state index in [1.807, 2.05) is 5.38 Å². The molecule has 0 unspecified atom stereocenters. The lowest BCUT2D eigenvalue weighted by molar-refractivity contribution is 0.111. The number of nitrogens with one attached hydrogen (secondary N) is 1. The minimum absolute atomic E-state index is 0.0451. The molecular weight excluding hydrogens is 301 g/mol. The van der Waals surface area contributed by atoms with E-state index < -0.39 is 17.5 Å². The van der Waals surface area contributed by atoms with E-state index in [4.69, 9.17) is 4.74 Å². The summed E-state index contributed by atoms with van der Waals surface area (Å²) in [5, 5.41) is 5.47. The third-order valence-electron chi connectivity index (χ3n) is 3.24. The average Bonchev–Trinajstić information content (AvgIpc) is 3.11. The molecule has 1 N–H and O–H groups in total. The molecule has 1 aromatic heterocycles. The van der Waals surface area contributed by atoms with Crippen LogP contribution in [0.5, 0.6) is 0 Å². The van der Waals surface area contributed by atoms with Gasteiger partial charge >= 0.3 is 0 Å². The molecule has 0 amide bonds. The van der Waals surface area contributed by atoms with Crippen molar-refractivity contribution < 1.29 is 17.9 Å². The largest absolute Gasteiger partial charge is 0.377 e. The highest BCUT2D eigenvalue weighted by molar-refractivity contribution is 7.09. The van der Waals surface area contributed by atoms with Gasteiger partial charge in [0.25, 0.3) is 0 Å². The number of thiazole rings is 1. The monoisotopic (exact) mass is 314 g/mol. The van der Waals surface area contributed by atoms with Crippen molar-refractivity contribution in [2.24, 2.45) is 0 Å². The summed E-state index contributed by atoms with van der Waals surface area (Å²) in [6.07, 6.45) is 2.03. The SMILES string of the molecule is Fc1cc(F)c(NCc2csc([C@@H]3CCCO3)n2)cc1F. The predicted molar refractivity (Wildman–Crippen MR) is 73.7 cm³/mol. The van der Waals surface area contributed by atoms with Crippen LogP contribution in [0.4, 0.5) is 18.9 Å². The minimum atomic E-state index is -1.20. The molecule has 0 spiro atoms. The molecule has 0 radical (unpaired) electrons. The first-order chi connectivity index (χ1) is 10.1. The van der Waals surface area contributed by atoms with Gasteiger partial charge in [0, 0.05) is 24.1 Å². The van der Waals surface area contributed by atoms with Gasteiger partial charge in [0.15, 0.2) is 11.6 Å². The van der Waals surface area contributed by atoms with Crippen LogP contribution < -0.4 is 5.32 Å². The molecule has 1 fully saturated rings. The highest BCUT2D eigenvalue weighted by Crippen LogP contribution is 2.30. The fourth-order valence-corrected chi connectivity index (χ4v) is 3.07. The van der Waals surface area contributed by atoms with E-state index in [0.29, 0.717) is 6.07 Å². The lowest BCUT2D eigenvalue weighted by Crippen LogP contribution is -2.04. The molecule has 112 valence electrons. The number of rotatable bonds is 4. The predicted octanol–water partition coefficient (Wildman–Crippen LogP) is 4.02. The first-order valence-corrected chi connectivity index (χ1v) is 7.46. The number of hydrogen-bond acceptors (Lipinski definition) is 4. The zero-order chi connectivity index (χ0) is 14.8. The van der Waals surface area contributed by atoms with Gasteiger partial charge in [0.1, 0.15) is 16.9 Å². The van der Waals surface area contributed by atoms with Gasteiger partial charge in [-0.3, -0.25) is 0 Å². The quantitative estimate of drug-likeness (QED) is 0.865. The summed E-state index contributed by atoms with van der Waals surface area (Å²) >= 11 is 1.49. The van der Waals surface area contributed by atoms with Gasteiger partial charge in [-0.15, -0.1) is 11.3 Å². The maximum Gasteiger partial charge on any atom is 0.161 e. The topological polar surface area (TPSA) is 34.1 Å². The van der Waals surface area contributed by atoms with E-state index in [1.54, 1.807) is 0 Å². The normalized spacial score (nSPS) is 18.1. The minimum Gasteiger partial charge on any atom is -0.377 e. The third-order valence-corrected chi connectivity index (χ3v) is 4.23. The molecule has 1 aliphatic heterocycles. The second kappa shape index (κ2) is 6.03. The summed E-state index contributed by atoms with van der Waals surface area (Å²) < 4.78 is 44.9. The number of benzene rings is 1. The standard InChI is InChI=1S/C14H13F3N2OS/c15-9-4-11(17)12(5-10(9)16)18-6-8-7-21-14(19-8)13-2-1-3-20-13/h4-5,7,13,18H,1-3,6H2/t13-/m0/s1. The summed E-state index contributed by atoms with van der Waals surface area (Å²) in [5.74, 6) is -3.12. The molecule has 1 aliphatic rings. The molecule has 3 nitrogen and oxygen atoms in total. The smallest absolute Gasteiger partial charge is 0.161 e. The number of hydrogen-bond donors (Lipinski definition) is 1. The molecular formula is C14H13F3N2OS. The lowest BCUT2D eigenvalue weighted by atomic mass is 10.2. The summed E-state index contributed by atoms with van der Waals surface area (Å²) in [6, 6.07) is 1.33. The van der Waals surface area contributed by atoms with Crippen LogP contribution in [0.2, 0.25) is 0 Å². The Bertz CT molecular complexity index is 641. The van der Waals surface area contributed by atoms with Crippen molar-refractivity contribution in [2.75, 3.05) is 11.9 Å². The summed E-state index contributed by atoms with van der Waals surface area (Å²) in [7, 11) is 0. The van der Waals surface area contributed by atoms with Crippen molar-refractivity contribution in [1.29, 1.82) is 0 Å². The van der Waals surface area contributed by atoms with E-state index in [-0.39, 0.29) is 18.3 Å². The van der Waals surface area contributed by atoms with Crippen molar-refractivity contribution in [3.05, 3.63) is 45.7 Å². The van der Waals surface area contributed by atoms with Crippen LogP contribution in [0.15, 0.2) is 17.5 Å². The Morgan fingerprint density at radius 2 is 2.05 bits per heavy atom. The molecule has 2 aromatic rings. The van der Waals surface area contributed by atoms with Gasteiger partial charge in [0.2, 0.25) is 0 Å². The molecule has 7 heteroatoms. The fourth-order valence-electron chi connectivity index (χ4n) is 2.17. The van der Waals surface area contributed by atoms with Crippen molar-refractivity contribution in [1.82, 2.24) is 4.98 Å². The lowest BCUT2D eigenvalue weighted by Gasteiger charge is -2.07. The van der Waals surface area contributed by atoms with Crippen LogP contribution in [-0.2, 0) is 11.3 Å². The van der Waals surface area contributed by atoms with Gasteiger partial charge in [-0.25, -0.2) is 18.2 Å².